The van der Waals surface area contributed by atoms with Crippen molar-refractivity contribution in [1.82, 2.24) is 10.2 Å². The van der Waals surface area contributed by atoms with Gasteiger partial charge in [-0.25, -0.2) is 0 Å². The number of hydrogen-bond acceptors (Lipinski definition) is 4. The zero-order valence-corrected chi connectivity index (χ0v) is 12.4. The second kappa shape index (κ2) is 6.03. The van der Waals surface area contributed by atoms with Gasteiger partial charge in [0.25, 0.3) is 0 Å². The van der Waals surface area contributed by atoms with Crippen molar-refractivity contribution in [2.45, 2.75) is 38.3 Å². The number of hydrogen-bond donors (Lipinski definition) is 2. The molecule has 1 aromatic heterocycles. The van der Waals surface area contributed by atoms with E-state index in [9.17, 15) is 9.90 Å². The Hall–Kier alpha value is -0.910. The summed E-state index contributed by atoms with van der Waals surface area (Å²) >= 11 is 1.66. The lowest BCUT2D eigenvalue weighted by Gasteiger charge is -2.35. The first-order chi connectivity index (χ1) is 8.96. The van der Waals surface area contributed by atoms with Crippen LogP contribution in [0.25, 0.3) is 0 Å². The normalized spacial score (nSPS) is 21.0. The SMILES string of the molecule is CC(NC(=O)CN1CCC(C)(O)CC1)c1cccs1. The molecule has 2 N–H and O–H groups in total. The van der Waals surface area contributed by atoms with Crippen molar-refractivity contribution < 1.29 is 9.90 Å². The molecule has 1 aliphatic heterocycles. The molecule has 1 unspecified atom stereocenters. The first-order valence-corrected chi connectivity index (χ1v) is 7.62. The minimum atomic E-state index is -0.558. The van der Waals surface area contributed by atoms with Crippen molar-refractivity contribution >= 4 is 17.2 Å². The van der Waals surface area contributed by atoms with Crippen LogP contribution in [0.4, 0.5) is 0 Å². The number of likely N-dealkylation sites (tertiary alicyclic amines) is 1. The Morgan fingerprint density at radius 1 is 1.58 bits per heavy atom. The Labute approximate surface area is 118 Å². The van der Waals surface area contributed by atoms with Crippen molar-refractivity contribution in [1.29, 1.82) is 0 Å². The molecule has 0 spiro atoms. The Bertz CT molecular complexity index is 407. The average Bonchev–Trinajstić information content (AvgIpc) is 2.85. The standard InChI is InChI=1S/C14H22N2O2S/c1-11(12-4-3-9-19-12)15-13(17)10-16-7-5-14(2,18)6-8-16/h3-4,9,11,18H,5-8,10H2,1-2H3,(H,15,17). The molecule has 5 heteroatoms. The predicted octanol–water partition coefficient (Wildman–Crippen LogP) is 1.77. The van der Waals surface area contributed by atoms with Crippen LogP contribution in [-0.2, 0) is 4.79 Å². The highest BCUT2D eigenvalue weighted by atomic mass is 32.1. The lowest BCUT2D eigenvalue weighted by molar-refractivity contribution is -0.124. The Balaban J connectivity index is 1.76. The van der Waals surface area contributed by atoms with Crippen LogP contribution in [0, 0.1) is 0 Å². The lowest BCUT2D eigenvalue weighted by atomic mass is 9.94. The number of aliphatic hydroxyl groups is 1. The van der Waals surface area contributed by atoms with Crippen LogP contribution in [0.2, 0.25) is 0 Å². The minimum Gasteiger partial charge on any atom is -0.390 e. The summed E-state index contributed by atoms with van der Waals surface area (Å²) in [6.07, 6.45) is 1.47. The molecule has 0 aromatic carbocycles. The third-order valence-corrected chi connectivity index (χ3v) is 4.70. The summed E-state index contributed by atoms with van der Waals surface area (Å²) in [5.41, 5.74) is -0.558. The van der Waals surface area contributed by atoms with Crippen LogP contribution in [0.3, 0.4) is 0 Å². The molecule has 1 atom stereocenters. The molecule has 1 fully saturated rings. The zero-order chi connectivity index (χ0) is 13.9. The van der Waals surface area contributed by atoms with E-state index in [0.717, 1.165) is 25.9 Å². The molecule has 1 saturated heterocycles. The van der Waals surface area contributed by atoms with Gasteiger partial charge in [0, 0.05) is 18.0 Å². The van der Waals surface area contributed by atoms with E-state index in [-0.39, 0.29) is 11.9 Å². The zero-order valence-electron chi connectivity index (χ0n) is 11.6. The fraction of sp³-hybridized carbons (Fsp3) is 0.643. The molecule has 0 aliphatic carbocycles. The van der Waals surface area contributed by atoms with E-state index in [4.69, 9.17) is 0 Å². The highest BCUT2D eigenvalue weighted by Crippen LogP contribution is 2.21. The molecular formula is C14H22N2O2S. The van der Waals surface area contributed by atoms with Gasteiger partial charge in [-0.3, -0.25) is 9.69 Å². The molecule has 1 amide bonds. The molecule has 0 radical (unpaired) electrons. The van der Waals surface area contributed by atoms with Crippen molar-refractivity contribution in [3.63, 3.8) is 0 Å². The first-order valence-electron chi connectivity index (χ1n) is 6.74. The topological polar surface area (TPSA) is 52.6 Å². The fourth-order valence-corrected chi connectivity index (χ4v) is 3.03. The molecule has 0 saturated carbocycles. The molecule has 2 rings (SSSR count). The predicted molar refractivity (Wildman–Crippen MR) is 77.2 cm³/mol. The number of rotatable bonds is 4. The Morgan fingerprint density at radius 2 is 2.26 bits per heavy atom. The third-order valence-electron chi connectivity index (χ3n) is 3.65. The van der Waals surface area contributed by atoms with Crippen molar-refractivity contribution in [2.75, 3.05) is 19.6 Å². The Kier molecular flexibility index (Phi) is 4.60. The minimum absolute atomic E-state index is 0.0578. The van der Waals surface area contributed by atoms with Gasteiger partial charge in [0.1, 0.15) is 0 Å². The maximum atomic E-state index is 12.0. The van der Waals surface area contributed by atoms with E-state index >= 15 is 0 Å². The molecule has 2 heterocycles. The highest BCUT2D eigenvalue weighted by molar-refractivity contribution is 7.10. The molecule has 1 aliphatic rings. The van der Waals surface area contributed by atoms with E-state index in [1.807, 2.05) is 31.4 Å². The smallest absolute Gasteiger partial charge is 0.234 e. The van der Waals surface area contributed by atoms with E-state index in [1.165, 1.54) is 4.88 Å². The average molecular weight is 282 g/mol. The summed E-state index contributed by atoms with van der Waals surface area (Å²) in [5, 5.41) is 14.9. The maximum Gasteiger partial charge on any atom is 0.234 e. The van der Waals surface area contributed by atoms with Crippen molar-refractivity contribution in [3.8, 4) is 0 Å². The number of carbonyl (C=O) groups excluding carboxylic acids is 1. The van der Waals surface area contributed by atoms with Gasteiger partial charge in [0.2, 0.25) is 5.91 Å². The molecule has 0 bridgehead atoms. The van der Waals surface area contributed by atoms with Gasteiger partial charge < -0.3 is 10.4 Å². The number of carbonyl (C=O) groups is 1. The lowest BCUT2D eigenvalue weighted by Crippen LogP contribution is -2.46. The van der Waals surface area contributed by atoms with Crippen LogP contribution in [0.5, 0.6) is 0 Å². The van der Waals surface area contributed by atoms with Crippen LogP contribution >= 0.6 is 11.3 Å². The third kappa shape index (κ3) is 4.30. The summed E-state index contributed by atoms with van der Waals surface area (Å²) in [5.74, 6) is 0.0578. The van der Waals surface area contributed by atoms with Gasteiger partial charge >= 0.3 is 0 Å². The van der Waals surface area contributed by atoms with E-state index in [1.54, 1.807) is 11.3 Å². The maximum absolute atomic E-state index is 12.0. The Morgan fingerprint density at radius 3 is 2.84 bits per heavy atom. The molecule has 1 aromatic rings. The van der Waals surface area contributed by atoms with Gasteiger partial charge in [-0.15, -0.1) is 11.3 Å². The first kappa shape index (κ1) is 14.5. The molecule has 4 nitrogen and oxygen atoms in total. The number of thiophene rings is 1. The summed E-state index contributed by atoms with van der Waals surface area (Å²) < 4.78 is 0. The second-order valence-corrected chi connectivity index (χ2v) is 6.56. The summed E-state index contributed by atoms with van der Waals surface area (Å²) in [6, 6.07) is 4.10. The van der Waals surface area contributed by atoms with E-state index in [2.05, 4.69) is 10.2 Å². The quantitative estimate of drug-likeness (QED) is 0.885. The second-order valence-electron chi connectivity index (χ2n) is 5.58. The molecule has 19 heavy (non-hydrogen) atoms. The summed E-state index contributed by atoms with van der Waals surface area (Å²) in [6.45, 7) is 5.86. The molecular weight excluding hydrogens is 260 g/mol. The van der Waals surface area contributed by atoms with Crippen LogP contribution < -0.4 is 5.32 Å². The summed E-state index contributed by atoms with van der Waals surface area (Å²) in [7, 11) is 0. The molecule has 106 valence electrons. The van der Waals surface area contributed by atoms with E-state index in [0.29, 0.717) is 6.54 Å². The summed E-state index contributed by atoms with van der Waals surface area (Å²) in [4.78, 5) is 15.2. The fourth-order valence-electron chi connectivity index (χ4n) is 2.29. The monoisotopic (exact) mass is 282 g/mol. The van der Waals surface area contributed by atoms with Gasteiger partial charge in [-0.2, -0.15) is 0 Å². The number of amides is 1. The van der Waals surface area contributed by atoms with Gasteiger partial charge in [0.05, 0.1) is 18.2 Å². The van der Waals surface area contributed by atoms with Crippen LogP contribution in [0.15, 0.2) is 17.5 Å². The number of nitrogens with zero attached hydrogens (tertiary/aromatic N) is 1. The highest BCUT2D eigenvalue weighted by Gasteiger charge is 2.28. The van der Waals surface area contributed by atoms with Crippen LogP contribution in [-0.4, -0.2) is 41.1 Å². The number of nitrogens with one attached hydrogen (secondary N) is 1. The van der Waals surface area contributed by atoms with Crippen molar-refractivity contribution in [2.24, 2.45) is 0 Å². The number of piperidine rings is 1. The largest absolute Gasteiger partial charge is 0.390 e. The van der Waals surface area contributed by atoms with Crippen molar-refractivity contribution in [3.05, 3.63) is 22.4 Å². The van der Waals surface area contributed by atoms with Gasteiger partial charge in [0.15, 0.2) is 0 Å². The van der Waals surface area contributed by atoms with E-state index < -0.39 is 5.60 Å². The van der Waals surface area contributed by atoms with Gasteiger partial charge in [-0.05, 0) is 38.1 Å². The van der Waals surface area contributed by atoms with Gasteiger partial charge in [-0.1, -0.05) is 6.07 Å². The van der Waals surface area contributed by atoms with Crippen LogP contribution in [0.1, 0.15) is 37.6 Å².